The molecule has 0 bridgehead atoms. The minimum atomic E-state index is -1.19. The first-order valence-electron chi connectivity index (χ1n) is 5.42. The van der Waals surface area contributed by atoms with Crippen molar-refractivity contribution < 1.29 is 19.5 Å². The number of nitrogens with two attached hydrogens (primary N) is 2. The van der Waals surface area contributed by atoms with E-state index in [1.165, 1.54) is 0 Å². The molecular formula is C10H19N3O4. The Morgan fingerprint density at radius 2 is 1.94 bits per heavy atom. The lowest BCUT2D eigenvalue weighted by atomic mass is 10.1. The summed E-state index contributed by atoms with van der Waals surface area (Å²) >= 11 is 0. The number of rotatable bonds is 8. The van der Waals surface area contributed by atoms with E-state index in [0.29, 0.717) is 6.42 Å². The summed E-state index contributed by atoms with van der Waals surface area (Å²) in [6.07, 6.45) is 0.595. The molecule has 1 unspecified atom stereocenters. The molecule has 0 aromatic rings. The van der Waals surface area contributed by atoms with E-state index in [0.717, 1.165) is 0 Å². The van der Waals surface area contributed by atoms with Crippen LogP contribution in [0.2, 0.25) is 0 Å². The number of carboxylic acid groups (broad SMARTS) is 1. The van der Waals surface area contributed by atoms with Gasteiger partial charge in [-0.25, -0.2) is 4.79 Å². The standard InChI is InChI=1S/C10H19N3O4/c1-2-6(11)5-9(15)13-7(10(16)17)3-4-8(12)14/h6-7H,2-5,11H2,1H3,(H2,12,14)(H,13,15)(H,16,17)/t6?,7-/m0/s1. The molecule has 17 heavy (non-hydrogen) atoms. The van der Waals surface area contributed by atoms with Crippen LogP contribution in [0.25, 0.3) is 0 Å². The maximum atomic E-state index is 11.4. The zero-order valence-electron chi connectivity index (χ0n) is 9.81. The molecule has 0 aliphatic carbocycles. The van der Waals surface area contributed by atoms with Crippen molar-refractivity contribution in [2.75, 3.05) is 0 Å². The Morgan fingerprint density at radius 1 is 1.35 bits per heavy atom. The molecule has 0 aromatic carbocycles. The molecule has 0 heterocycles. The van der Waals surface area contributed by atoms with Crippen LogP contribution in [0.3, 0.4) is 0 Å². The van der Waals surface area contributed by atoms with Gasteiger partial charge >= 0.3 is 5.97 Å². The summed E-state index contributed by atoms with van der Waals surface area (Å²) in [5, 5.41) is 11.1. The van der Waals surface area contributed by atoms with Crippen LogP contribution in [-0.4, -0.2) is 35.0 Å². The molecule has 0 spiro atoms. The third kappa shape index (κ3) is 7.29. The molecule has 7 heteroatoms. The first-order valence-corrected chi connectivity index (χ1v) is 5.42. The van der Waals surface area contributed by atoms with E-state index >= 15 is 0 Å². The summed E-state index contributed by atoms with van der Waals surface area (Å²) in [5.41, 5.74) is 10.5. The lowest BCUT2D eigenvalue weighted by Crippen LogP contribution is -2.43. The van der Waals surface area contributed by atoms with Crippen LogP contribution in [0.1, 0.15) is 32.6 Å². The summed E-state index contributed by atoms with van der Waals surface area (Å²) in [6.45, 7) is 1.83. The van der Waals surface area contributed by atoms with Crippen molar-refractivity contribution in [3.05, 3.63) is 0 Å². The number of nitrogens with one attached hydrogen (secondary N) is 1. The highest BCUT2D eigenvalue weighted by molar-refractivity contribution is 5.84. The molecule has 0 aromatic heterocycles. The molecule has 0 rings (SSSR count). The van der Waals surface area contributed by atoms with Crippen molar-refractivity contribution in [2.45, 2.75) is 44.7 Å². The van der Waals surface area contributed by atoms with Gasteiger partial charge in [-0.05, 0) is 12.8 Å². The van der Waals surface area contributed by atoms with E-state index in [9.17, 15) is 14.4 Å². The topological polar surface area (TPSA) is 136 Å². The van der Waals surface area contributed by atoms with Crippen molar-refractivity contribution in [2.24, 2.45) is 11.5 Å². The SMILES string of the molecule is CCC(N)CC(=O)N[C@@H](CCC(N)=O)C(=O)O. The Labute approximate surface area is 99.5 Å². The van der Waals surface area contributed by atoms with E-state index in [2.05, 4.69) is 5.32 Å². The van der Waals surface area contributed by atoms with E-state index in [4.69, 9.17) is 16.6 Å². The average molecular weight is 245 g/mol. The third-order valence-electron chi connectivity index (χ3n) is 2.28. The molecular weight excluding hydrogens is 226 g/mol. The predicted molar refractivity (Wildman–Crippen MR) is 60.9 cm³/mol. The fourth-order valence-electron chi connectivity index (χ4n) is 1.18. The van der Waals surface area contributed by atoms with Gasteiger partial charge in [-0.3, -0.25) is 9.59 Å². The highest BCUT2D eigenvalue weighted by atomic mass is 16.4. The van der Waals surface area contributed by atoms with Crippen molar-refractivity contribution >= 4 is 17.8 Å². The Kier molecular flexibility index (Phi) is 6.88. The average Bonchev–Trinajstić information content (AvgIpc) is 2.23. The lowest BCUT2D eigenvalue weighted by Gasteiger charge is -2.15. The number of carbonyl (C=O) groups is 3. The quantitative estimate of drug-likeness (QED) is 0.432. The number of carboxylic acids is 1. The van der Waals surface area contributed by atoms with Crippen LogP contribution in [0.15, 0.2) is 0 Å². The van der Waals surface area contributed by atoms with Gasteiger partial charge < -0.3 is 21.9 Å². The molecule has 0 saturated carbocycles. The van der Waals surface area contributed by atoms with Crippen LogP contribution in [-0.2, 0) is 14.4 Å². The normalized spacial score (nSPS) is 13.8. The molecule has 2 atom stereocenters. The molecule has 7 nitrogen and oxygen atoms in total. The van der Waals surface area contributed by atoms with Gasteiger partial charge in [-0.15, -0.1) is 0 Å². The molecule has 0 saturated heterocycles. The summed E-state index contributed by atoms with van der Waals surface area (Å²) in [6, 6.07) is -1.39. The molecule has 0 radical (unpaired) electrons. The van der Waals surface area contributed by atoms with E-state index in [-0.39, 0.29) is 25.3 Å². The number of hydrogen-bond donors (Lipinski definition) is 4. The molecule has 0 fully saturated rings. The van der Waals surface area contributed by atoms with Crippen molar-refractivity contribution in [3.8, 4) is 0 Å². The Bertz CT molecular complexity index is 293. The highest BCUT2D eigenvalue weighted by Gasteiger charge is 2.21. The maximum Gasteiger partial charge on any atom is 0.326 e. The summed E-state index contributed by atoms with van der Waals surface area (Å²) in [7, 11) is 0. The van der Waals surface area contributed by atoms with E-state index in [1.807, 2.05) is 6.92 Å². The number of hydrogen-bond acceptors (Lipinski definition) is 4. The second kappa shape index (κ2) is 7.61. The first kappa shape index (κ1) is 15.4. The van der Waals surface area contributed by atoms with Crippen molar-refractivity contribution in [1.29, 1.82) is 0 Å². The highest BCUT2D eigenvalue weighted by Crippen LogP contribution is 2.00. The number of carbonyl (C=O) groups excluding carboxylic acids is 2. The van der Waals surface area contributed by atoms with Gasteiger partial charge in [0.1, 0.15) is 6.04 Å². The fraction of sp³-hybridized carbons (Fsp3) is 0.700. The smallest absolute Gasteiger partial charge is 0.326 e. The number of primary amides is 1. The van der Waals surface area contributed by atoms with Crippen molar-refractivity contribution in [3.63, 3.8) is 0 Å². The maximum absolute atomic E-state index is 11.4. The first-order chi connectivity index (χ1) is 7.86. The van der Waals surface area contributed by atoms with Crippen LogP contribution < -0.4 is 16.8 Å². The van der Waals surface area contributed by atoms with Gasteiger partial charge in [-0.1, -0.05) is 6.92 Å². The van der Waals surface area contributed by atoms with Crippen LogP contribution >= 0.6 is 0 Å². The molecule has 6 N–H and O–H groups in total. The second-order valence-electron chi connectivity index (χ2n) is 3.84. The largest absolute Gasteiger partial charge is 0.480 e. The van der Waals surface area contributed by atoms with Crippen LogP contribution in [0.4, 0.5) is 0 Å². The van der Waals surface area contributed by atoms with Gasteiger partial charge in [0.2, 0.25) is 11.8 Å². The van der Waals surface area contributed by atoms with Gasteiger partial charge in [0, 0.05) is 18.9 Å². The fourth-order valence-corrected chi connectivity index (χ4v) is 1.18. The Balaban J connectivity index is 4.20. The minimum Gasteiger partial charge on any atom is -0.480 e. The Hall–Kier alpha value is -1.63. The van der Waals surface area contributed by atoms with Gasteiger partial charge in [0.15, 0.2) is 0 Å². The van der Waals surface area contributed by atoms with E-state index in [1.54, 1.807) is 0 Å². The minimum absolute atomic E-state index is 0.0161. The predicted octanol–water partition coefficient (Wildman–Crippen LogP) is -1.05. The van der Waals surface area contributed by atoms with E-state index < -0.39 is 23.8 Å². The monoisotopic (exact) mass is 245 g/mol. The summed E-state index contributed by atoms with van der Waals surface area (Å²) in [4.78, 5) is 32.7. The molecule has 98 valence electrons. The zero-order valence-corrected chi connectivity index (χ0v) is 9.81. The number of aliphatic carboxylic acids is 1. The van der Waals surface area contributed by atoms with Gasteiger partial charge in [-0.2, -0.15) is 0 Å². The van der Waals surface area contributed by atoms with Gasteiger partial charge in [0.05, 0.1) is 0 Å². The van der Waals surface area contributed by atoms with Crippen LogP contribution in [0, 0.1) is 0 Å². The number of amides is 2. The lowest BCUT2D eigenvalue weighted by molar-refractivity contribution is -0.142. The summed E-state index contributed by atoms with van der Waals surface area (Å²) < 4.78 is 0. The molecule has 0 aliphatic rings. The van der Waals surface area contributed by atoms with Crippen molar-refractivity contribution in [1.82, 2.24) is 5.32 Å². The molecule has 0 aliphatic heterocycles. The Morgan fingerprint density at radius 3 is 2.35 bits per heavy atom. The second-order valence-corrected chi connectivity index (χ2v) is 3.84. The van der Waals surface area contributed by atoms with Crippen LogP contribution in [0.5, 0.6) is 0 Å². The zero-order chi connectivity index (χ0) is 13.4. The summed E-state index contributed by atoms with van der Waals surface area (Å²) in [5.74, 6) is -2.23. The third-order valence-corrected chi connectivity index (χ3v) is 2.28. The van der Waals surface area contributed by atoms with Gasteiger partial charge in [0.25, 0.3) is 0 Å². The molecule has 2 amide bonds.